The molecule has 3 heterocycles. The number of aromatic nitrogens is 2. The van der Waals surface area contributed by atoms with Gasteiger partial charge < -0.3 is 19.7 Å². The molecule has 3 atom stereocenters. The lowest BCUT2D eigenvalue weighted by Crippen LogP contribution is -2.51. The van der Waals surface area contributed by atoms with Gasteiger partial charge in [0.2, 0.25) is 0 Å². The monoisotopic (exact) mass is 553 g/mol. The van der Waals surface area contributed by atoms with Crippen LogP contribution < -0.4 is 4.74 Å². The molecular weight excluding hydrogens is 528 g/mol. The summed E-state index contributed by atoms with van der Waals surface area (Å²) < 4.78 is 75.7. The Balaban J connectivity index is 0.000000301. The van der Waals surface area contributed by atoms with Crippen molar-refractivity contribution in [3.05, 3.63) is 54.1 Å². The van der Waals surface area contributed by atoms with Crippen LogP contribution in [-0.4, -0.2) is 80.8 Å². The van der Waals surface area contributed by atoms with Crippen LogP contribution in [0.1, 0.15) is 24.2 Å². The Labute approximate surface area is 213 Å². The molecule has 1 saturated heterocycles. The van der Waals surface area contributed by atoms with E-state index in [1.54, 1.807) is 12.4 Å². The molecule has 15 heteroatoms. The van der Waals surface area contributed by atoms with Crippen molar-refractivity contribution < 1.29 is 55.6 Å². The van der Waals surface area contributed by atoms with E-state index in [1.807, 2.05) is 25.1 Å². The highest BCUT2D eigenvalue weighted by Crippen LogP contribution is 2.33. The van der Waals surface area contributed by atoms with Crippen LogP contribution in [0, 0.1) is 6.92 Å². The number of carbonyl (C=O) groups is 2. The molecular formula is C23H25F6N3O6. The lowest BCUT2D eigenvalue weighted by atomic mass is 10.1. The fraction of sp³-hybridized carbons (Fsp3) is 0.478. The number of carboxylic acid groups (broad SMARTS) is 2. The molecule has 1 aliphatic heterocycles. The summed E-state index contributed by atoms with van der Waals surface area (Å²) >= 11 is 0. The van der Waals surface area contributed by atoms with Gasteiger partial charge in [-0.1, -0.05) is 6.07 Å². The molecule has 2 fully saturated rings. The third kappa shape index (κ3) is 9.78. The van der Waals surface area contributed by atoms with E-state index in [4.69, 9.17) is 29.3 Å². The first-order valence-corrected chi connectivity index (χ1v) is 11.1. The fourth-order valence-electron chi connectivity index (χ4n) is 3.80. The molecule has 210 valence electrons. The van der Waals surface area contributed by atoms with Gasteiger partial charge >= 0.3 is 24.3 Å². The van der Waals surface area contributed by atoms with Gasteiger partial charge in [-0.25, -0.2) is 9.59 Å². The van der Waals surface area contributed by atoms with Crippen LogP contribution in [0.3, 0.4) is 0 Å². The van der Waals surface area contributed by atoms with Crippen LogP contribution >= 0.6 is 0 Å². The molecule has 1 aliphatic carbocycles. The Hall–Kier alpha value is -3.46. The number of aliphatic carboxylic acids is 2. The van der Waals surface area contributed by atoms with Crippen molar-refractivity contribution in [2.75, 3.05) is 13.2 Å². The van der Waals surface area contributed by atoms with Crippen molar-refractivity contribution in [1.29, 1.82) is 0 Å². The van der Waals surface area contributed by atoms with Gasteiger partial charge in [-0.15, -0.1) is 0 Å². The predicted molar refractivity (Wildman–Crippen MR) is 118 cm³/mol. The van der Waals surface area contributed by atoms with Crippen LogP contribution in [0.25, 0.3) is 0 Å². The number of hydrogen-bond donors (Lipinski definition) is 2. The zero-order valence-corrected chi connectivity index (χ0v) is 19.9. The second-order valence-electron chi connectivity index (χ2n) is 8.17. The molecule has 38 heavy (non-hydrogen) atoms. The zero-order chi connectivity index (χ0) is 28.5. The van der Waals surface area contributed by atoms with E-state index in [9.17, 15) is 26.3 Å². The molecule has 0 spiro atoms. The molecule has 0 radical (unpaired) electrons. The largest absolute Gasteiger partial charge is 0.490 e. The number of pyridine rings is 2. The summed E-state index contributed by atoms with van der Waals surface area (Å²) in [6.07, 6.45) is -4.29. The molecule has 2 aromatic rings. The average molecular weight is 553 g/mol. The number of rotatable bonds is 4. The minimum atomic E-state index is -5.08. The van der Waals surface area contributed by atoms with Crippen molar-refractivity contribution in [3.8, 4) is 5.75 Å². The number of halogens is 6. The minimum Gasteiger partial charge on any atom is -0.486 e. The van der Waals surface area contributed by atoms with Crippen LogP contribution in [0.2, 0.25) is 0 Å². The Morgan fingerprint density at radius 1 is 1.05 bits per heavy atom. The summed E-state index contributed by atoms with van der Waals surface area (Å²) in [4.78, 5) is 29.1. The fourth-order valence-corrected chi connectivity index (χ4v) is 3.80. The van der Waals surface area contributed by atoms with Crippen LogP contribution in [0.15, 0.2) is 42.7 Å². The normalized spacial score (nSPS) is 21.2. The number of hydrogen-bond acceptors (Lipinski definition) is 7. The van der Waals surface area contributed by atoms with Crippen molar-refractivity contribution in [3.63, 3.8) is 0 Å². The first-order valence-electron chi connectivity index (χ1n) is 11.1. The van der Waals surface area contributed by atoms with Crippen molar-refractivity contribution in [1.82, 2.24) is 14.9 Å². The molecule has 0 bridgehead atoms. The Morgan fingerprint density at radius 2 is 1.68 bits per heavy atom. The van der Waals surface area contributed by atoms with Gasteiger partial charge in [-0.05, 0) is 44.0 Å². The highest BCUT2D eigenvalue weighted by atomic mass is 19.4. The standard InChI is InChI=1S/C19H23N3O2.2C2HF3O2/c1-14-4-2-5-15(21-14)13-22-10-11-23-19-17(22)7-8-18(19)24-16-6-3-9-20-12-16;2*3-2(4,5)1(6)7/h2-6,9,12,17-19H,7-8,10-11,13H2,1H3;2*(H,6,7)/t17-,18-,19+;;/m0../s1. The van der Waals surface area contributed by atoms with E-state index in [0.717, 1.165) is 49.7 Å². The van der Waals surface area contributed by atoms with Gasteiger partial charge in [0.05, 0.1) is 18.5 Å². The Kier molecular flexibility index (Phi) is 10.8. The van der Waals surface area contributed by atoms with Gasteiger partial charge in [0.15, 0.2) is 0 Å². The first-order chi connectivity index (χ1) is 17.7. The maximum atomic E-state index is 10.6. The number of carboxylic acids is 2. The molecule has 4 rings (SSSR count). The zero-order valence-electron chi connectivity index (χ0n) is 19.9. The molecule has 9 nitrogen and oxygen atoms in total. The summed E-state index contributed by atoms with van der Waals surface area (Å²) in [5, 5.41) is 14.2. The summed E-state index contributed by atoms with van der Waals surface area (Å²) in [6.45, 7) is 4.63. The van der Waals surface area contributed by atoms with Crippen molar-refractivity contribution >= 4 is 11.9 Å². The first kappa shape index (κ1) is 30.8. The lowest BCUT2D eigenvalue weighted by molar-refractivity contribution is -0.193. The van der Waals surface area contributed by atoms with Crippen LogP contribution in [0.4, 0.5) is 26.3 Å². The second-order valence-corrected chi connectivity index (χ2v) is 8.17. The van der Waals surface area contributed by atoms with E-state index in [0.29, 0.717) is 6.04 Å². The van der Waals surface area contributed by atoms with Crippen molar-refractivity contribution in [2.45, 2.75) is 56.9 Å². The molecule has 0 aromatic carbocycles. The van der Waals surface area contributed by atoms with E-state index in [1.165, 1.54) is 0 Å². The molecule has 2 N–H and O–H groups in total. The molecule has 0 amide bonds. The second kappa shape index (κ2) is 13.4. The molecule has 2 aliphatic rings. The lowest BCUT2D eigenvalue weighted by Gasteiger charge is -2.38. The highest BCUT2D eigenvalue weighted by Gasteiger charge is 2.44. The van der Waals surface area contributed by atoms with Crippen LogP contribution in [-0.2, 0) is 20.9 Å². The van der Waals surface area contributed by atoms with E-state index in [2.05, 4.69) is 27.0 Å². The SMILES string of the molecule is Cc1cccc(CN2CCO[C@H]3[C@@H](Oc4cccnc4)CC[C@@H]32)n1.O=C(O)C(F)(F)F.O=C(O)C(F)(F)F. The van der Waals surface area contributed by atoms with E-state index >= 15 is 0 Å². The quantitative estimate of drug-likeness (QED) is 0.544. The maximum absolute atomic E-state index is 10.6. The molecule has 0 unspecified atom stereocenters. The van der Waals surface area contributed by atoms with Gasteiger partial charge in [-0.2, -0.15) is 26.3 Å². The predicted octanol–water partition coefficient (Wildman–Crippen LogP) is 3.86. The number of nitrogens with zero attached hydrogens (tertiary/aromatic N) is 3. The number of aryl methyl sites for hydroxylation is 1. The number of ether oxygens (including phenoxy) is 2. The number of morpholine rings is 1. The third-order valence-electron chi connectivity index (χ3n) is 5.37. The summed E-state index contributed by atoms with van der Waals surface area (Å²) in [5.74, 6) is -4.69. The number of alkyl halides is 6. The van der Waals surface area contributed by atoms with Gasteiger partial charge in [0.1, 0.15) is 18.0 Å². The smallest absolute Gasteiger partial charge is 0.486 e. The van der Waals surface area contributed by atoms with E-state index in [-0.39, 0.29) is 12.2 Å². The summed E-state index contributed by atoms with van der Waals surface area (Å²) in [5.41, 5.74) is 2.20. The van der Waals surface area contributed by atoms with Gasteiger partial charge in [0, 0.05) is 31.0 Å². The van der Waals surface area contributed by atoms with Gasteiger partial charge in [0.25, 0.3) is 0 Å². The molecule has 1 saturated carbocycles. The Morgan fingerprint density at radius 3 is 2.21 bits per heavy atom. The minimum absolute atomic E-state index is 0.104. The third-order valence-corrected chi connectivity index (χ3v) is 5.37. The summed E-state index contributed by atoms with van der Waals surface area (Å²) in [6, 6.07) is 10.5. The summed E-state index contributed by atoms with van der Waals surface area (Å²) in [7, 11) is 0. The topological polar surface area (TPSA) is 122 Å². The Bertz CT molecular complexity index is 1030. The van der Waals surface area contributed by atoms with E-state index < -0.39 is 24.3 Å². The average Bonchev–Trinajstić information content (AvgIpc) is 3.23. The highest BCUT2D eigenvalue weighted by molar-refractivity contribution is 5.73. The van der Waals surface area contributed by atoms with Crippen molar-refractivity contribution in [2.24, 2.45) is 0 Å². The van der Waals surface area contributed by atoms with Gasteiger partial charge in [-0.3, -0.25) is 14.9 Å². The maximum Gasteiger partial charge on any atom is 0.490 e. The molecule has 2 aromatic heterocycles. The van der Waals surface area contributed by atoms with Crippen LogP contribution in [0.5, 0.6) is 5.75 Å². The number of fused-ring (bicyclic) bond motifs is 1.